The number of aromatic hydroxyl groups is 1. The van der Waals surface area contributed by atoms with E-state index in [0.29, 0.717) is 18.0 Å². The van der Waals surface area contributed by atoms with Crippen LogP contribution in [0.3, 0.4) is 0 Å². The maximum atomic E-state index is 12.1. The molecule has 124 valence electrons. The molecular formula is C18H18N2O4. The molecule has 0 radical (unpaired) electrons. The minimum absolute atomic E-state index is 0.0737. The monoisotopic (exact) mass is 326 g/mol. The predicted molar refractivity (Wildman–Crippen MR) is 90.1 cm³/mol. The van der Waals surface area contributed by atoms with Crippen molar-refractivity contribution in [1.29, 1.82) is 0 Å². The fourth-order valence-corrected chi connectivity index (χ4v) is 2.51. The molecule has 0 spiro atoms. The summed E-state index contributed by atoms with van der Waals surface area (Å²) in [6.45, 7) is 0.620. The number of benzene rings is 2. The van der Waals surface area contributed by atoms with Gasteiger partial charge in [-0.2, -0.15) is 0 Å². The van der Waals surface area contributed by atoms with Crippen LogP contribution in [0.2, 0.25) is 0 Å². The van der Waals surface area contributed by atoms with Gasteiger partial charge in [0.05, 0.1) is 5.56 Å². The molecule has 0 aromatic heterocycles. The van der Waals surface area contributed by atoms with Crippen molar-refractivity contribution in [3.63, 3.8) is 0 Å². The second-order valence-electron chi connectivity index (χ2n) is 5.54. The molecule has 24 heavy (non-hydrogen) atoms. The number of anilines is 2. The molecule has 0 saturated carbocycles. The summed E-state index contributed by atoms with van der Waals surface area (Å²) in [7, 11) is 0. The van der Waals surface area contributed by atoms with Crippen LogP contribution in [0.4, 0.5) is 11.4 Å². The number of amides is 2. The van der Waals surface area contributed by atoms with E-state index in [-0.39, 0.29) is 23.3 Å². The second-order valence-corrected chi connectivity index (χ2v) is 5.54. The fourth-order valence-electron chi connectivity index (χ4n) is 2.51. The number of carbonyl (C=O) groups excluding carboxylic acids is 2. The molecule has 1 aliphatic heterocycles. The summed E-state index contributed by atoms with van der Waals surface area (Å²) in [5, 5.41) is 15.2. The molecular weight excluding hydrogens is 308 g/mol. The lowest BCUT2D eigenvalue weighted by molar-refractivity contribution is -0.124. The van der Waals surface area contributed by atoms with E-state index in [1.54, 1.807) is 42.5 Å². The van der Waals surface area contributed by atoms with E-state index in [9.17, 15) is 14.7 Å². The Labute approximate surface area is 139 Å². The maximum Gasteiger partial charge on any atom is 0.259 e. The molecule has 1 atom stereocenters. The Morgan fingerprint density at radius 3 is 2.29 bits per heavy atom. The summed E-state index contributed by atoms with van der Waals surface area (Å²) < 4.78 is 5.33. The Morgan fingerprint density at radius 1 is 1.00 bits per heavy atom. The van der Waals surface area contributed by atoms with Crippen LogP contribution >= 0.6 is 0 Å². The van der Waals surface area contributed by atoms with E-state index in [0.717, 1.165) is 12.8 Å². The molecule has 2 aromatic rings. The van der Waals surface area contributed by atoms with Crippen LogP contribution in [0.25, 0.3) is 0 Å². The highest BCUT2D eigenvalue weighted by molar-refractivity contribution is 6.06. The van der Waals surface area contributed by atoms with Crippen LogP contribution in [0, 0.1) is 0 Å². The van der Waals surface area contributed by atoms with Gasteiger partial charge < -0.3 is 20.5 Å². The maximum absolute atomic E-state index is 12.1. The number of para-hydroxylation sites is 1. The molecule has 1 heterocycles. The molecule has 1 fully saturated rings. The topological polar surface area (TPSA) is 87.7 Å². The Bertz CT molecular complexity index is 737. The Kier molecular flexibility index (Phi) is 4.77. The van der Waals surface area contributed by atoms with Gasteiger partial charge in [0.2, 0.25) is 0 Å². The van der Waals surface area contributed by atoms with Crippen LogP contribution < -0.4 is 10.6 Å². The first kappa shape index (κ1) is 16.0. The number of hydrogen-bond donors (Lipinski definition) is 3. The van der Waals surface area contributed by atoms with Crippen molar-refractivity contribution >= 4 is 23.2 Å². The van der Waals surface area contributed by atoms with Gasteiger partial charge in [-0.1, -0.05) is 12.1 Å². The minimum atomic E-state index is -0.399. The SMILES string of the molecule is O=C(Nc1ccc(NC(=O)[C@@H]2CCCO2)cc1)c1ccccc1O. The molecule has 0 aliphatic carbocycles. The lowest BCUT2D eigenvalue weighted by Crippen LogP contribution is -2.26. The number of carbonyl (C=O) groups is 2. The molecule has 3 rings (SSSR count). The Hall–Kier alpha value is -2.86. The molecule has 3 N–H and O–H groups in total. The van der Waals surface area contributed by atoms with Crippen LogP contribution in [0.15, 0.2) is 48.5 Å². The summed E-state index contributed by atoms with van der Waals surface area (Å²) in [6.07, 6.45) is 1.25. The van der Waals surface area contributed by atoms with Gasteiger partial charge in [-0.15, -0.1) is 0 Å². The Balaban J connectivity index is 1.61. The van der Waals surface area contributed by atoms with E-state index < -0.39 is 5.91 Å². The number of hydrogen-bond acceptors (Lipinski definition) is 4. The van der Waals surface area contributed by atoms with Gasteiger partial charge in [0.25, 0.3) is 11.8 Å². The summed E-state index contributed by atoms with van der Waals surface area (Å²) in [6, 6.07) is 13.1. The van der Waals surface area contributed by atoms with Crippen molar-refractivity contribution in [2.75, 3.05) is 17.2 Å². The van der Waals surface area contributed by atoms with E-state index in [1.165, 1.54) is 6.07 Å². The third-order valence-electron chi connectivity index (χ3n) is 3.78. The zero-order valence-electron chi connectivity index (χ0n) is 13.0. The largest absolute Gasteiger partial charge is 0.507 e. The molecule has 6 heteroatoms. The van der Waals surface area contributed by atoms with Crippen LogP contribution in [0.5, 0.6) is 5.75 Å². The Morgan fingerprint density at radius 2 is 1.67 bits per heavy atom. The van der Waals surface area contributed by atoms with Crippen molar-refractivity contribution in [3.8, 4) is 5.75 Å². The highest BCUT2D eigenvalue weighted by atomic mass is 16.5. The lowest BCUT2D eigenvalue weighted by atomic mass is 10.2. The average Bonchev–Trinajstić information content (AvgIpc) is 3.11. The summed E-state index contributed by atoms with van der Waals surface area (Å²) >= 11 is 0. The summed E-state index contributed by atoms with van der Waals surface area (Å²) in [5.74, 6) is -0.627. The molecule has 0 unspecified atom stereocenters. The third-order valence-corrected chi connectivity index (χ3v) is 3.78. The van der Waals surface area contributed by atoms with Gasteiger partial charge >= 0.3 is 0 Å². The molecule has 1 saturated heterocycles. The number of rotatable bonds is 4. The fraction of sp³-hybridized carbons (Fsp3) is 0.222. The minimum Gasteiger partial charge on any atom is -0.507 e. The highest BCUT2D eigenvalue weighted by Crippen LogP contribution is 2.20. The summed E-state index contributed by atoms with van der Waals surface area (Å²) in [5.41, 5.74) is 1.41. The smallest absolute Gasteiger partial charge is 0.259 e. The summed E-state index contributed by atoms with van der Waals surface area (Å²) in [4.78, 5) is 24.1. The second kappa shape index (κ2) is 7.14. The van der Waals surface area contributed by atoms with Gasteiger partial charge in [-0.05, 0) is 49.2 Å². The van der Waals surface area contributed by atoms with Gasteiger partial charge in [-0.3, -0.25) is 9.59 Å². The molecule has 2 amide bonds. The van der Waals surface area contributed by atoms with E-state index >= 15 is 0 Å². The number of phenols is 1. The average molecular weight is 326 g/mol. The van der Waals surface area contributed by atoms with Crippen LogP contribution in [-0.2, 0) is 9.53 Å². The highest BCUT2D eigenvalue weighted by Gasteiger charge is 2.23. The quantitative estimate of drug-likeness (QED) is 0.806. The molecule has 2 aromatic carbocycles. The third kappa shape index (κ3) is 3.72. The first-order valence-corrected chi connectivity index (χ1v) is 7.75. The normalized spacial score (nSPS) is 16.6. The first-order chi connectivity index (χ1) is 11.6. The van der Waals surface area contributed by atoms with Crippen LogP contribution in [0.1, 0.15) is 23.2 Å². The van der Waals surface area contributed by atoms with Gasteiger partial charge in [0.1, 0.15) is 11.9 Å². The van der Waals surface area contributed by atoms with Crippen LogP contribution in [-0.4, -0.2) is 29.6 Å². The van der Waals surface area contributed by atoms with Gasteiger partial charge in [0, 0.05) is 18.0 Å². The number of phenolic OH excluding ortho intramolecular Hbond substituents is 1. The van der Waals surface area contributed by atoms with Gasteiger partial charge in [-0.25, -0.2) is 0 Å². The van der Waals surface area contributed by atoms with Crippen molar-refractivity contribution in [1.82, 2.24) is 0 Å². The lowest BCUT2D eigenvalue weighted by Gasteiger charge is -2.11. The number of ether oxygens (including phenoxy) is 1. The zero-order chi connectivity index (χ0) is 16.9. The molecule has 6 nitrogen and oxygen atoms in total. The van der Waals surface area contributed by atoms with Crippen molar-refractivity contribution < 1.29 is 19.4 Å². The van der Waals surface area contributed by atoms with E-state index in [4.69, 9.17) is 4.74 Å². The number of nitrogens with one attached hydrogen (secondary N) is 2. The molecule has 1 aliphatic rings. The van der Waals surface area contributed by atoms with Gasteiger partial charge in [0.15, 0.2) is 0 Å². The first-order valence-electron chi connectivity index (χ1n) is 7.75. The van der Waals surface area contributed by atoms with E-state index in [2.05, 4.69) is 10.6 Å². The van der Waals surface area contributed by atoms with Crippen molar-refractivity contribution in [2.45, 2.75) is 18.9 Å². The molecule has 0 bridgehead atoms. The van der Waals surface area contributed by atoms with Crippen molar-refractivity contribution in [3.05, 3.63) is 54.1 Å². The van der Waals surface area contributed by atoms with Crippen molar-refractivity contribution in [2.24, 2.45) is 0 Å². The standard InChI is InChI=1S/C18H18N2O4/c21-15-5-2-1-4-14(15)17(22)19-12-7-9-13(10-8-12)20-18(23)16-6-3-11-24-16/h1-2,4-5,7-10,16,21H,3,6,11H2,(H,19,22)(H,20,23)/t16-/m0/s1. The zero-order valence-corrected chi connectivity index (χ0v) is 13.0. The predicted octanol–water partition coefficient (Wildman–Crippen LogP) is 2.76. The van der Waals surface area contributed by atoms with E-state index in [1.807, 2.05) is 0 Å².